The maximum atomic E-state index is 12.3. The van der Waals surface area contributed by atoms with E-state index in [4.69, 9.17) is 10.8 Å². The van der Waals surface area contributed by atoms with Gasteiger partial charge >= 0.3 is 5.97 Å². The van der Waals surface area contributed by atoms with Gasteiger partial charge in [0, 0.05) is 0 Å². The summed E-state index contributed by atoms with van der Waals surface area (Å²) in [6.45, 7) is 2.84. The molecular weight excluding hydrogens is 392 g/mol. The van der Waals surface area contributed by atoms with E-state index >= 15 is 0 Å². The molecule has 0 aromatic carbocycles. The Hall–Kier alpha value is -1.46. The van der Waals surface area contributed by atoms with Crippen molar-refractivity contribution in [3.8, 4) is 0 Å². The average molecular weight is 423 g/mol. The van der Waals surface area contributed by atoms with Gasteiger partial charge in [0.05, 0.1) is 6.04 Å². The van der Waals surface area contributed by atoms with Gasteiger partial charge in [-0.2, -0.15) is 23.5 Å². The fourth-order valence-electron chi connectivity index (χ4n) is 1.94. The SMILES string of the molecule is CSCC[C@H](NC(=O)[C@H](C)NC(=O)[C@@H](N)CCSC)C(=O)N[C@@H](C)C(=O)O. The predicted molar refractivity (Wildman–Crippen MR) is 109 cm³/mol. The van der Waals surface area contributed by atoms with Crippen molar-refractivity contribution in [2.24, 2.45) is 5.73 Å². The smallest absolute Gasteiger partial charge is 0.325 e. The molecule has 0 saturated carbocycles. The largest absolute Gasteiger partial charge is 0.480 e. The molecule has 11 heteroatoms. The second-order valence-electron chi connectivity index (χ2n) is 6.03. The zero-order valence-electron chi connectivity index (χ0n) is 16.1. The van der Waals surface area contributed by atoms with Crippen LogP contribution < -0.4 is 21.7 Å². The van der Waals surface area contributed by atoms with Crippen molar-refractivity contribution in [3.63, 3.8) is 0 Å². The molecule has 156 valence electrons. The first kappa shape index (κ1) is 25.5. The highest BCUT2D eigenvalue weighted by molar-refractivity contribution is 7.98. The van der Waals surface area contributed by atoms with Crippen LogP contribution in [0.25, 0.3) is 0 Å². The molecule has 4 atom stereocenters. The van der Waals surface area contributed by atoms with E-state index in [1.54, 1.807) is 11.8 Å². The number of amides is 3. The summed E-state index contributed by atoms with van der Waals surface area (Å²) >= 11 is 3.07. The zero-order chi connectivity index (χ0) is 21.0. The first-order valence-electron chi connectivity index (χ1n) is 8.51. The van der Waals surface area contributed by atoms with Gasteiger partial charge in [-0.05, 0) is 50.7 Å². The summed E-state index contributed by atoms with van der Waals surface area (Å²) in [5.41, 5.74) is 5.77. The summed E-state index contributed by atoms with van der Waals surface area (Å²) in [4.78, 5) is 47.5. The van der Waals surface area contributed by atoms with E-state index in [-0.39, 0.29) is 0 Å². The molecule has 3 amide bonds. The molecule has 9 nitrogen and oxygen atoms in total. The van der Waals surface area contributed by atoms with Crippen LogP contribution in [0.15, 0.2) is 0 Å². The number of hydrogen-bond donors (Lipinski definition) is 5. The molecule has 0 bridgehead atoms. The van der Waals surface area contributed by atoms with E-state index in [0.29, 0.717) is 18.6 Å². The van der Waals surface area contributed by atoms with Gasteiger partial charge in [0.2, 0.25) is 17.7 Å². The lowest BCUT2D eigenvalue weighted by Crippen LogP contribution is -2.56. The summed E-state index contributed by atoms with van der Waals surface area (Å²) in [6.07, 6.45) is 4.59. The van der Waals surface area contributed by atoms with Crippen LogP contribution in [-0.4, -0.2) is 77.0 Å². The highest BCUT2D eigenvalue weighted by Gasteiger charge is 2.27. The fourth-order valence-corrected chi connectivity index (χ4v) is 2.90. The van der Waals surface area contributed by atoms with E-state index in [2.05, 4.69) is 16.0 Å². The number of carboxylic acid groups (broad SMARTS) is 1. The van der Waals surface area contributed by atoms with E-state index in [0.717, 1.165) is 5.75 Å². The molecule has 0 radical (unpaired) electrons. The second kappa shape index (κ2) is 13.7. The van der Waals surface area contributed by atoms with Crippen LogP contribution in [0, 0.1) is 0 Å². The van der Waals surface area contributed by atoms with Crippen LogP contribution >= 0.6 is 23.5 Å². The maximum absolute atomic E-state index is 12.3. The Kier molecular flexibility index (Phi) is 12.9. The first-order valence-corrected chi connectivity index (χ1v) is 11.3. The van der Waals surface area contributed by atoms with E-state index in [1.165, 1.54) is 25.6 Å². The predicted octanol–water partition coefficient (Wildman–Crippen LogP) is -0.601. The lowest BCUT2D eigenvalue weighted by molar-refractivity contribution is -0.141. The first-order chi connectivity index (χ1) is 12.6. The topological polar surface area (TPSA) is 151 Å². The third-order valence-electron chi connectivity index (χ3n) is 3.69. The van der Waals surface area contributed by atoms with Gasteiger partial charge in [-0.1, -0.05) is 0 Å². The number of carboxylic acids is 1. The monoisotopic (exact) mass is 422 g/mol. The molecule has 0 unspecified atom stereocenters. The van der Waals surface area contributed by atoms with E-state index < -0.39 is 47.9 Å². The standard InChI is InChI=1S/C16H30N4O5S2/c1-9(18-14(22)11(17)5-7-26-3)13(21)20-12(6-8-27-4)15(23)19-10(2)16(24)25/h9-12H,5-8,17H2,1-4H3,(H,18,22)(H,19,23)(H,20,21)(H,24,25)/t9-,10-,11-,12-/m0/s1. The number of rotatable bonds is 13. The molecule has 0 aliphatic heterocycles. The van der Waals surface area contributed by atoms with Crippen molar-refractivity contribution in [1.82, 2.24) is 16.0 Å². The Labute approximate surface area is 168 Å². The van der Waals surface area contributed by atoms with Gasteiger partial charge in [0.25, 0.3) is 0 Å². The molecule has 27 heavy (non-hydrogen) atoms. The molecule has 0 spiro atoms. The number of carbonyl (C=O) groups excluding carboxylic acids is 3. The Morgan fingerprint density at radius 2 is 1.37 bits per heavy atom. The fraction of sp³-hybridized carbons (Fsp3) is 0.750. The van der Waals surface area contributed by atoms with Gasteiger partial charge in [0.15, 0.2) is 0 Å². The molecule has 6 N–H and O–H groups in total. The summed E-state index contributed by atoms with van der Waals surface area (Å²) in [5.74, 6) is -1.39. The van der Waals surface area contributed by atoms with Crippen LogP contribution in [0.5, 0.6) is 0 Å². The highest BCUT2D eigenvalue weighted by Crippen LogP contribution is 2.03. The Bertz CT molecular complexity index is 521. The number of carbonyl (C=O) groups is 4. The lowest BCUT2D eigenvalue weighted by Gasteiger charge is -2.22. The summed E-state index contributed by atoms with van der Waals surface area (Å²) in [6, 6.07) is -3.55. The van der Waals surface area contributed by atoms with Crippen molar-refractivity contribution < 1.29 is 24.3 Å². The van der Waals surface area contributed by atoms with E-state index in [9.17, 15) is 19.2 Å². The van der Waals surface area contributed by atoms with Crippen molar-refractivity contribution in [2.45, 2.75) is 50.9 Å². The van der Waals surface area contributed by atoms with E-state index in [1.807, 2.05) is 12.5 Å². The van der Waals surface area contributed by atoms with Crippen LogP contribution in [0.1, 0.15) is 26.7 Å². The lowest BCUT2D eigenvalue weighted by atomic mass is 10.1. The van der Waals surface area contributed by atoms with Crippen molar-refractivity contribution in [1.29, 1.82) is 0 Å². The molecule has 0 fully saturated rings. The Balaban J connectivity index is 4.79. The zero-order valence-corrected chi connectivity index (χ0v) is 17.7. The van der Waals surface area contributed by atoms with Crippen molar-refractivity contribution in [3.05, 3.63) is 0 Å². The molecule has 0 rings (SSSR count). The minimum atomic E-state index is -1.17. The van der Waals surface area contributed by atoms with Crippen molar-refractivity contribution >= 4 is 47.2 Å². The molecular formula is C16H30N4O5S2. The number of aliphatic carboxylic acids is 1. The van der Waals surface area contributed by atoms with Gasteiger partial charge in [-0.15, -0.1) is 0 Å². The Morgan fingerprint density at radius 1 is 0.852 bits per heavy atom. The molecule has 0 aliphatic rings. The number of hydrogen-bond acceptors (Lipinski definition) is 7. The molecule has 0 saturated heterocycles. The van der Waals surface area contributed by atoms with Crippen LogP contribution in [0.4, 0.5) is 0 Å². The number of nitrogens with one attached hydrogen (secondary N) is 3. The summed E-state index contributed by atoms with van der Waals surface area (Å²) in [7, 11) is 0. The second-order valence-corrected chi connectivity index (χ2v) is 8.00. The summed E-state index contributed by atoms with van der Waals surface area (Å²) < 4.78 is 0. The molecule has 0 aliphatic carbocycles. The van der Waals surface area contributed by atoms with Gasteiger partial charge in [-0.25, -0.2) is 0 Å². The van der Waals surface area contributed by atoms with Gasteiger partial charge in [0.1, 0.15) is 18.1 Å². The Morgan fingerprint density at radius 3 is 1.89 bits per heavy atom. The molecule has 0 aromatic rings. The number of nitrogens with two attached hydrogens (primary N) is 1. The third kappa shape index (κ3) is 10.5. The molecule has 0 aromatic heterocycles. The van der Waals surface area contributed by atoms with Crippen LogP contribution in [-0.2, 0) is 19.2 Å². The third-order valence-corrected chi connectivity index (χ3v) is 4.98. The normalized spacial score (nSPS) is 15.1. The minimum absolute atomic E-state index is 0.332. The molecule has 0 heterocycles. The average Bonchev–Trinajstić information content (AvgIpc) is 2.62. The van der Waals surface area contributed by atoms with Crippen LogP contribution in [0.2, 0.25) is 0 Å². The van der Waals surface area contributed by atoms with Gasteiger partial charge < -0.3 is 26.8 Å². The quantitative estimate of drug-likeness (QED) is 0.264. The van der Waals surface area contributed by atoms with Crippen molar-refractivity contribution in [2.75, 3.05) is 24.0 Å². The summed E-state index contributed by atoms with van der Waals surface area (Å²) in [5, 5.41) is 16.3. The van der Waals surface area contributed by atoms with Crippen LogP contribution in [0.3, 0.4) is 0 Å². The highest BCUT2D eigenvalue weighted by atomic mass is 32.2. The maximum Gasteiger partial charge on any atom is 0.325 e. The van der Waals surface area contributed by atoms with Gasteiger partial charge in [-0.3, -0.25) is 19.2 Å². The number of thioether (sulfide) groups is 2. The minimum Gasteiger partial charge on any atom is -0.480 e.